The first-order valence-electron chi connectivity index (χ1n) is 11.4. The Morgan fingerprint density at radius 3 is 2.66 bits per heavy atom. The van der Waals surface area contributed by atoms with Crippen LogP contribution in [0.15, 0.2) is 36.7 Å². The van der Waals surface area contributed by atoms with Gasteiger partial charge < -0.3 is 29.5 Å². The highest BCUT2D eigenvalue weighted by Gasteiger charge is 2.23. The lowest BCUT2D eigenvalue weighted by molar-refractivity contribution is 0.0947. The number of fused-ring (bicyclic) bond motifs is 2. The topological polar surface area (TPSA) is 102 Å². The summed E-state index contributed by atoms with van der Waals surface area (Å²) < 4.78 is 16.4. The molecule has 0 spiro atoms. The SMILES string of the molecule is COc1cnc2cccc([C@H](O)CN3CCC(NCc4cc5c(cn4)OCCO5)CC3)c2n1.Cl.Cl. The Morgan fingerprint density at radius 1 is 1.11 bits per heavy atom. The molecule has 9 nitrogen and oxygen atoms in total. The fraction of sp³-hybridized carbons (Fsp3) is 0.458. The van der Waals surface area contributed by atoms with E-state index < -0.39 is 6.10 Å². The highest BCUT2D eigenvalue weighted by atomic mass is 35.5. The largest absolute Gasteiger partial charge is 0.486 e. The van der Waals surface area contributed by atoms with Crippen LogP contribution in [0.25, 0.3) is 11.0 Å². The minimum Gasteiger partial charge on any atom is -0.486 e. The molecule has 0 saturated carbocycles. The van der Waals surface area contributed by atoms with Gasteiger partial charge in [0.2, 0.25) is 5.88 Å². The van der Waals surface area contributed by atoms with E-state index in [1.807, 2.05) is 24.3 Å². The standard InChI is InChI=1S/C24H29N5O4.2ClH/c1-31-23-14-27-19-4-2-3-18(24(19)28-23)20(30)15-29-7-5-16(6-8-29)25-12-17-11-21-22(13-26-17)33-10-9-32-21;;/h2-4,11,13-14,16,20,25,30H,5-10,12,15H2,1H3;2*1H/t20-;;/m1../s1. The van der Waals surface area contributed by atoms with Gasteiger partial charge in [0, 0.05) is 30.8 Å². The van der Waals surface area contributed by atoms with Crippen LogP contribution in [-0.4, -0.2) is 71.0 Å². The van der Waals surface area contributed by atoms with E-state index in [2.05, 4.69) is 25.2 Å². The molecular weight excluding hydrogens is 493 g/mol. The third kappa shape index (κ3) is 6.42. The lowest BCUT2D eigenvalue weighted by atomic mass is 10.0. The maximum absolute atomic E-state index is 11.0. The smallest absolute Gasteiger partial charge is 0.232 e. The maximum Gasteiger partial charge on any atom is 0.232 e. The van der Waals surface area contributed by atoms with Gasteiger partial charge in [0.15, 0.2) is 11.5 Å². The Morgan fingerprint density at radius 2 is 1.89 bits per heavy atom. The van der Waals surface area contributed by atoms with Crippen molar-refractivity contribution >= 4 is 35.8 Å². The number of nitrogens with zero attached hydrogens (tertiary/aromatic N) is 4. The number of halogens is 2. The van der Waals surface area contributed by atoms with Crippen LogP contribution in [0.5, 0.6) is 17.4 Å². The highest BCUT2D eigenvalue weighted by molar-refractivity contribution is 5.85. The number of hydrogen-bond donors (Lipinski definition) is 2. The number of likely N-dealkylation sites (tertiary alicyclic amines) is 1. The molecule has 4 heterocycles. The molecule has 0 bridgehead atoms. The first kappa shape index (κ1) is 27.2. The number of nitrogens with one attached hydrogen (secondary N) is 1. The molecule has 2 aliphatic heterocycles. The summed E-state index contributed by atoms with van der Waals surface area (Å²) in [6.45, 7) is 4.25. The Balaban J connectivity index is 0.00000171. The molecule has 2 N–H and O–H groups in total. The molecule has 0 aliphatic carbocycles. The number of β-amino-alcohol motifs (C(OH)–C–C–N with tert-alkyl or cyclic N) is 1. The molecule has 0 amide bonds. The second-order valence-electron chi connectivity index (χ2n) is 8.42. The van der Waals surface area contributed by atoms with Gasteiger partial charge in [-0.2, -0.15) is 0 Å². The molecule has 3 aromatic rings. The molecule has 35 heavy (non-hydrogen) atoms. The number of piperidine rings is 1. The normalized spacial score (nSPS) is 16.7. The van der Waals surface area contributed by atoms with Gasteiger partial charge in [0.1, 0.15) is 13.2 Å². The lowest BCUT2D eigenvalue weighted by Crippen LogP contribution is -2.43. The monoisotopic (exact) mass is 523 g/mol. The summed E-state index contributed by atoms with van der Waals surface area (Å²) in [5.74, 6) is 1.93. The van der Waals surface area contributed by atoms with Gasteiger partial charge >= 0.3 is 0 Å². The third-order valence-corrected chi connectivity index (χ3v) is 6.23. The molecule has 0 unspecified atom stereocenters. The van der Waals surface area contributed by atoms with Gasteiger partial charge in [-0.1, -0.05) is 12.1 Å². The van der Waals surface area contributed by atoms with E-state index >= 15 is 0 Å². The van der Waals surface area contributed by atoms with E-state index in [1.54, 1.807) is 19.5 Å². The Bertz CT molecular complexity index is 1110. The van der Waals surface area contributed by atoms with Crippen LogP contribution in [0.3, 0.4) is 0 Å². The van der Waals surface area contributed by atoms with Crippen LogP contribution in [-0.2, 0) is 6.54 Å². The van der Waals surface area contributed by atoms with Gasteiger partial charge in [-0.3, -0.25) is 4.98 Å². The molecule has 5 rings (SSSR count). The van der Waals surface area contributed by atoms with Gasteiger partial charge in [-0.15, -0.1) is 24.8 Å². The van der Waals surface area contributed by atoms with E-state index in [0.717, 1.165) is 48.5 Å². The van der Waals surface area contributed by atoms with Crippen molar-refractivity contribution in [2.24, 2.45) is 0 Å². The highest BCUT2D eigenvalue weighted by Crippen LogP contribution is 2.29. The van der Waals surface area contributed by atoms with E-state index in [1.165, 1.54) is 0 Å². The number of pyridine rings is 1. The molecule has 0 radical (unpaired) electrons. The minimum absolute atomic E-state index is 0. The summed E-state index contributed by atoms with van der Waals surface area (Å²) in [4.78, 5) is 15.7. The number of para-hydroxylation sites is 1. The average molecular weight is 524 g/mol. The van der Waals surface area contributed by atoms with Crippen molar-refractivity contribution in [2.45, 2.75) is 31.5 Å². The van der Waals surface area contributed by atoms with Crippen LogP contribution in [0.1, 0.15) is 30.2 Å². The van der Waals surface area contributed by atoms with Crippen LogP contribution < -0.4 is 19.5 Å². The van der Waals surface area contributed by atoms with Crippen LogP contribution in [0.2, 0.25) is 0 Å². The number of rotatable bonds is 7. The Labute approximate surface area is 217 Å². The van der Waals surface area contributed by atoms with Crippen LogP contribution in [0.4, 0.5) is 0 Å². The van der Waals surface area contributed by atoms with Crippen molar-refractivity contribution in [2.75, 3.05) is 40.0 Å². The number of methoxy groups -OCH3 is 1. The number of benzene rings is 1. The van der Waals surface area contributed by atoms with Crippen molar-refractivity contribution in [3.8, 4) is 17.4 Å². The molecular formula is C24H31Cl2N5O4. The van der Waals surface area contributed by atoms with Crippen molar-refractivity contribution in [1.82, 2.24) is 25.2 Å². The molecule has 11 heteroatoms. The average Bonchev–Trinajstić information content (AvgIpc) is 2.87. The predicted octanol–water partition coefficient (Wildman–Crippen LogP) is 2.94. The molecule has 1 saturated heterocycles. The second kappa shape index (κ2) is 12.5. The van der Waals surface area contributed by atoms with E-state index in [9.17, 15) is 5.11 Å². The molecule has 1 aromatic carbocycles. The molecule has 190 valence electrons. The van der Waals surface area contributed by atoms with Gasteiger partial charge in [0.25, 0.3) is 0 Å². The predicted molar refractivity (Wildman–Crippen MR) is 137 cm³/mol. The summed E-state index contributed by atoms with van der Waals surface area (Å²) in [7, 11) is 1.57. The van der Waals surface area contributed by atoms with Crippen LogP contribution >= 0.6 is 24.8 Å². The van der Waals surface area contributed by atoms with E-state index in [0.29, 0.717) is 49.5 Å². The summed E-state index contributed by atoms with van der Waals surface area (Å²) in [6, 6.07) is 8.08. The number of aliphatic hydroxyl groups excluding tert-OH is 1. The van der Waals surface area contributed by atoms with Gasteiger partial charge in [-0.05, 0) is 32.0 Å². The zero-order valence-electron chi connectivity index (χ0n) is 19.6. The number of hydrogen-bond acceptors (Lipinski definition) is 9. The molecule has 2 aromatic heterocycles. The first-order chi connectivity index (χ1) is 16.2. The quantitative estimate of drug-likeness (QED) is 0.483. The number of ether oxygens (including phenoxy) is 3. The van der Waals surface area contributed by atoms with Crippen molar-refractivity contribution < 1.29 is 19.3 Å². The van der Waals surface area contributed by atoms with Gasteiger partial charge in [-0.25, -0.2) is 9.97 Å². The van der Waals surface area contributed by atoms with Crippen molar-refractivity contribution in [3.05, 3.63) is 47.9 Å². The number of aliphatic hydroxyl groups is 1. The van der Waals surface area contributed by atoms with E-state index in [-0.39, 0.29) is 24.8 Å². The zero-order chi connectivity index (χ0) is 22.6. The van der Waals surface area contributed by atoms with Crippen molar-refractivity contribution in [3.63, 3.8) is 0 Å². The maximum atomic E-state index is 11.0. The summed E-state index contributed by atoms with van der Waals surface area (Å²) in [5.41, 5.74) is 3.17. The summed E-state index contributed by atoms with van der Waals surface area (Å²) in [5, 5.41) is 14.6. The van der Waals surface area contributed by atoms with Gasteiger partial charge in [0.05, 0.1) is 42.3 Å². The number of aromatic nitrogens is 3. The lowest BCUT2D eigenvalue weighted by Gasteiger charge is -2.33. The zero-order valence-corrected chi connectivity index (χ0v) is 21.2. The van der Waals surface area contributed by atoms with Crippen molar-refractivity contribution in [1.29, 1.82) is 0 Å². The van der Waals surface area contributed by atoms with E-state index in [4.69, 9.17) is 14.2 Å². The summed E-state index contributed by atoms with van der Waals surface area (Å²) >= 11 is 0. The molecule has 1 fully saturated rings. The molecule has 1 atom stereocenters. The Kier molecular flexibility index (Phi) is 9.71. The Hall–Kier alpha value is -2.43. The fourth-order valence-corrected chi connectivity index (χ4v) is 4.40. The fourth-order valence-electron chi connectivity index (χ4n) is 4.40. The first-order valence-corrected chi connectivity index (χ1v) is 11.4. The minimum atomic E-state index is -0.637. The summed E-state index contributed by atoms with van der Waals surface area (Å²) in [6.07, 6.45) is 4.72. The van der Waals surface area contributed by atoms with Crippen LogP contribution in [0, 0.1) is 0 Å². The third-order valence-electron chi connectivity index (χ3n) is 6.23. The molecule has 2 aliphatic rings. The second-order valence-corrected chi connectivity index (χ2v) is 8.42.